The van der Waals surface area contributed by atoms with Gasteiger partial charge in [-0.05, 0) is 30.9 Å². The number of amides is 2. The first-order chi connectivity index (χ1) is 12.9. The second kappa shape index (κ2) is 10.7. The third-order valence-electron chi connectivity index (χ3n) is 3.76. The smallest absolute Gasteiger partial charge is 0.390 e. The van der Waals surface area contributed by atoms with E-state index in [9.17, 15) is 9.59 Å². The van der Waals surface area contributed by atoms with E-state index in [2.05, 4.69) is 15.6 Å². The van der Waals surface area contributed by atoms with Crippen LogP contribution in [0.4, 0.5) is 0 Å². The molecule has 0 saturated carbocycles. The Morgan fingerprint density at radius 1 is 0.929 bits per heavy atom. The third-order valence-corrected chi connectivity index (χ3v) is 5.81. The lowest BCUT2D eigenvalue weighted by atomic mass is 10.1. The number of rotatable bonds is 11. The van der Waals surface area contributed by atoms with E-state index in [1.54, 1.807) is 0 Å². The highest BCUT2D eigenvalue weighted by atomic mass is 28.4. The van der Waals surface area contributed by atoms with Gasteiger partial charge in [0.1, 0.15) is 5.69 Å². The van der Waals surface area contributed by atoms with E-state index in [1.807, 2.05) is 6.92 Å². The molecule has 158 valence electrons. The van der Waals surface area contributed by atoms with Crippen LogP contribution in [0.2, 0.25) is 12.1 Å². The number of hydrogen-bond donors (Lipinski definition) is 8. The molecule has 0 atom stereocenters. The summed E-state index contributed by atoms with van der Waals surface area (Å²) in [4.78, 5) is 82.6. The first-order valence-electron chi connectivity index (χ1n) is 8.82. The highest BCUT2D eigenvalue weighted by molar-refractivity contribution is 6.56. The number of carbonyl (C=O) groups is 2. The Morgan fingerprint density at radius 2 is 1.43 bits per heavy atom. The molecule has 0 saturated heterocycles. The van der Waals surface area contributed by atoms with Gasteiger partial charge in [-0.1, -0.05) is 6.92 Å². The minimum absolute atomic E-state index is 0.0487. The maximum atomic E-state index is 12.4. The molecule has 13 heteroatoms. The van der Waals surface area contributed by atoms with E-state index in [0.717, 1.165) is 5.56 Å². The molecule has 0 unspecified atom stereocenters. The lowest BCUT2D eigenvalue weighted by molar-refractivity contribution is 0.0914. The number of aryl methyl sites for hydroxylation is 1. The van der Waals surface area contributed by atoms with Crippen molar-refractivity contribution < 1.29 is 38.4 Å². The summed E-state index contributed by atoms with van der Waals surface area (Å²) in [5, 5.41) is 5.05. The zero-order valence-corrected chi connectivity index (χ0v) is 17.6. The predicted octanol–water partition coefficient (Wildman–Crippen LogP) is -2.28. The van der Waals surface area contributed by atoms with Crippen molar-refractivity contribution in [3.63, 3.8) is 0 Å². The average Bonchev–Trinajstić information content (AvgIpc) is 2.59. The van der Waals surface area contributed by atoms with Crippen LogP contribution in [-0.2, 0) is 6.42 Å². The summed E-state index contributed by atoms with van der Waals surface area (Å²) in [6.45, 7) is 1.99. The molecule has 1 aromatic rings. The normalized spacial score (nSPS) is 12.0. The fourth-order valence-electron chi connectivity index (χ4n) is 2.29. The molecule has 11 nitrogen and oxygen atoms in total. The van der Waals surface area contributed by atoms with Gasteiger partial charge in [0.05, 0.1) is 5.56 Å². The summed E-state index contributed by atoms with van der Waals surface area (Å²) in [5.74, 6) is -1.19. The van der Waals surface area contributed by atoms with Gasteiger partial charge in [0.25, 0.3) is 11.8 Å². The minimum atomic E-state index is -4.16. The van der Waals surface area contributed by atoms with Crippen LogP contribution >= 0.6 is 0 Å². The maximum absolute atomic E-state index is 12.4. The molecule has 0 radical (unpaired) electrons. The Kier molecular flexibility index (Phi) is 9.32. The summed E-state index contributed by atoms with van der Waals surface area (Å²) in [7, 11) is -8.33. The van der Waals surface area contributed by atoms with E-state index < -0.39 is 29.4 Å². The Balaban J connectivity index is 2.75. The topological polar surface area (TPSA) is 192 Å². The monoisotopic (exact) mass is 433 g/mol. The Labute approximate surface area is 164 Å². The Morgan fingerprint density at radius 3 is 1.89 bits per heavy atom. The molecular formula is C15H27N3O8Si2. The van der Waals surface area contributed by atoms with Crippen LogP contribution in [-0.4, -0.2) is 76.3 Å². The van der Waals surface area contributed by atoms with Gasteiger partial charge in [0, 0.05) is 31.4 Å². The molecule has 0 aromatic carbocycles. The lowest BCUT2D eigenvalue weighted by Crippen LogP contribution is -2.37. The van der Waals surface area contributed by atoms with Crippen LogP contribution in [0.1, 0.15) is 46.2 Å². The summed E-state index contributed by atoms with van der Waals surface area (Å²) < 4.78 is 0. The molecule has 1 heterocycles. The van der Waals surface area contributed by atoms with Gasteiger partial charge in [-0.3, -0.25) is 9.59 Å². The maximum Gasteiger partial charge on any atom is 0.492 e. The van der Waals surface area contributed by atoms with Gasteiger partial charge in [0.15, 0.2) is 0 Å². The van der Waals surface area contributed by atoms with Gasteiger partial charge >= 0.3 is 17.6 Å². The number of pyridine rings is 1. The molecule has 2 amide bonds. The predicted molar refractivity (Wildman–Crippen MR) is 102 cm³/mol. The van der Waals surface area contributed by atoms with Crippen molar-refractivity contribution in [1.29, 1.82) is 0 Å². The van der Waals surface area contributed by atoms with Gasteiger partial charge in [-0.15, -0.1) is 0 Å². The van der Waals surface area contributed by atoms with Gasteiger partial charge < -0.3 is 39.4 Å². The van der Waals surface area contributed by atoms with E-state index in [1.165, 1.54) is 12.3 Å². The molecule has 1 aromatic heterocycles. The highest BCUT2D eigenvalue weighted by Gasteiger charge is 2.27. The van der Waals surface area contributed by atoms with Crippen LogP contribution in [0, 0.1) is 0 Å². The second-order valence-corrected chi connectivity index (χ2v) is 10.5. The summed E-state index contributed by atoms with van der Waals surface area (Å²) in [6.07, 6.45) is 2.37. The number of aromatic nitrogens is 1. The van der Waals surface area contributed by atoms with Gasteiger partial charge in [0.2, 0.25) is 0 Å². The number of hydrogen-bond acceptors (Lipinski definition) is 9. The molecule has 0 aliphatic heterocycles. The molecule has 0 fully saturated rings. The number of nitrogens with zero attached hydrogens (tertiary/aromatic N) is 1. The first-order valence-corrected chi connectivity index (χ1v) is 12.9. The largest absolute Gasteiger partial charge is 0.492 e. The van der Waals surface area contributed by atoms with E-state index >= 15 is 0 Å². The molecular weight excluding hydrogens is 406 g/mol. The van der Waals surface area contributed by atoms with Crippen LogP contribution in [0.15, 0.2) is 12.3 Å². The first kappa shape index (κ1) is 24.3. The SMILES string of the molecule is CCc1cnc(C(=O)NCCC[Si](O)(O)O)c(C(=O)NCCC[Si](O)(O)O)c1. The van der Waals surface area contributed by atoms with Crippen molar-refractivity contribution in [2.75, 3.05) is 13.1 Å². The zero-order chi connectivity index (χ0) is 21.4. The Hall–Kier alpha value is -1.72. The fraction of sp³-hybridized carbons (Fsp3) is 0.533. The Bertz CT molecular complexity index is 676. The molecule has 1 rings (SSSR count). The quantitative estimate of drug-likeness (QED) is 0.140. The summed E-state index contributed by atoms with van der Waals surface area (Å²) >= 11 is 0. The summed E-state index contributed by atoms with van der Waals surface area (Å²) in [5.41, 5.74) is 0.684. The standard InChI is InChI=1S/C15H27N3O8Si2/c1-2-11-9-12(14(19)16-5-3-7-27(21,22)23)13(18-10-11)15(20)17-6-4-8-28(24,25)26/h9-10,21-26H,2-8H2,1H3,(H,16,19)(H,17,20). The molecule has 0 aliphatic rings. The number of carbonyl (C=O) groups excluding carboxylic acids is 2. The van der Waals surface area contributed by atoms with Crippen LogP contribution in [0.25, 0.3) is 0 Å². The minimum Gasteiger partial charge on any atom is -0.390 e. The fourth-order valence-corrected chi connectivity index (χ4v) is 3.59. The third kappa shape index (κ3) is 9.47. The lowest BCUT2D eigenvalue weighted by Gasteiger charge is -2.13. The van der Waals surface area contributed by atoms with Crippen LogP contribution in [0.5, 0.6) is 0 Å². The van der Waals surface area contributed by atoms with Crippen molar-refractivity contribution in [2.45, 2.75) is 38.3 Å². The van der Waals surface area contributed by atoms with Gasteiger partial charge in [-0.25, -0.2) is 4.98 Å². The van der Waals surface area contributed by atoms with Crippen LogP contribution < -0.4 is 10.6 Å². The van der Waals surface area contributed by atoms with E-state index in [-0.39, 0.29) is 49.3 Å². The zero-order valence-electron chi connectivity index (χ0n) is 15.6. The molecule has 28 heavy (non-hydrogen) atoms. The number of nitrogens with one attached hydrogen (secondary N) is 2. The second-order valence-electron chi connectivity index (χ2n) is 6.36. The van der Waals surface area contributed by atoms with E-state index in [4.69, 9.17) is 28.8 Å². The highest BCUT2D eigenvalue weighted by Crippen LogP contribution is 2.11. The van der Waals surface area contributed by atoms with E-state index in [0.29, 0.717) is 6.42 Å². The van der Waals surface area contributed by atoms with Crippen molar-refractivity contribution in [3.8, 4) is 0 Å². The molecule has 0 bridgehead atoms. The van der Waals surface area contributed by atoms with Crippen molar-refractivity contribution in [3.05, 3.63) is 29.1 Å². The van der Waals surface area contributed by atoms with Crippen molar-refractivity contribution in [1.82, 2.24) is 15.6 Å². The van der Waals surface area contributed by atoms with Gasteiger partial charge in [-0.2, -0.15) is 0 Å². The van der Waals surface area contributed by atoms with Crippen molar-refractivity contribution in [2.24, 2.45) is 0 Å². The molecule has 0 spiro atoms. The van der Waals surface area contributed by atoms with Crippen molar-refractivity contribution >= 4 is 29.4 Å². The average molecular weight is 434 g/mol. The van der Waals surface area contributed by atoms with Crippen LogP contribution in [0.3, 0.4) is 0 Å². The molecule has 8 N–H and O–H groups in total. The summed E-state index contributed by atoms with van der Waals surface area (Å²) in [6, 6.07) is 1.08. The molecule has 0 aliphatic carbocycles.